The highest BCUT2D eigenvalue weighted by molar-refractivity contribution is 5.06. The van der Waals surface area contributed by atoms with Crippen molar-refractivity contribution >= 4 is 0 Å². The topological polar surface area (TPSA) is 20.2 Å². The van der Waals surface area contributed by atoms with E-state index in [1.165, 1.54) is 0 Å². The summed E-state index contributed by atoms with van der Waals surface area (Å²) in [7, 11) is 0. The summed E-state index contributed by atoms with van der Waals surface area (Å²) >= 11 is 0. The Morgan fingerprint density at radius 3 is 2.75 bits per heavy atom. The van der Waals surface area contributed by atoms with Crippen LogP contribution in [0.5, 0.6) is 0 Å². The Hall–Kier alpha value is -0.960. The predicted molar refractivity (Wildman–Crippen MR) is 51.6 cm³/mol. The minimum atomic E-state index is -0.882. The zero-order chi connectivity index (χ0) is 9.45. The Kier molecular flexibility index (Phi) is 5.21. The Bertz CT molecular complexity index is 206. The van der Waals surface area contributed by atoms with Crippen molar-refractivity contribution in [1.29, 1.82) is 0 Å². The van der Waals surface area contributed by atoms with Gasteiger partial charge >= 0.3 is 0 Å². The molecule has 0 aromatic rings. The van der Waals surface area contributed by atoms with E-state index in [2.05, 4.69) is 25.2 Å². The van der Waals surface area contributed by atoms with Crippen LogP contribution in [0.1, 0.15) is 32.6 Å². The summed E-state index contributed by atoms with van der Waals surface area (Å²) in [5, 5.41) is 9.84. The fraction of sp³-hybridized carbons (Fsp3) is 0.545. The van der Waals surface area contributed by atoms with E-state index in [1.807, 2.05) is 0 Å². The average molecular weight is 164 g/mol. The van der Waals surface area contributed by atoms with E-state index in [4.69, 9.17) is 6.42 Å². The van der Waals surface area contributed by atoms with Crippen LogP contribution in [0.2, 0.25) is 0 Å². The Balaban J connectivity index is 4.19. The standard InChI is InChI=1S/C11H16O/c1-4-7-10-11(12,8-5-2)9-6-3/h2,9,12H,3-4,7-8,10H2,1H3. The predicted octanol–water partition coefficient (Wildman–Crippen LogP) is 2.27. The number of hydrogen-bond donors (Lipinski definition) is 1. The van der Waals surface area contributed by atoms with E-state index >= 15 is 0 Å². The van der Waals surface area contributed by atoms with Crippen LogP contribution in [-0.2, 0) is 0 Å². The Morgan fingerprint density at radius 1 is 1.67 bits per heavy atom. The summed E-state index contributed by atoms with van der Waals surface area (Å²) in [6, 6.07) is 0. The lowest BCUT2D eigenvalue weighted by molar-refractivity contribution is 0.0846. The maximum absolute atomic E-state index is 9.84. The second kappa shape index (κ2) is 5.66. The SMILES string of the molecule is C#CCC(O)(C=C=C)CCCC. The Labute approximate surface area is 74.8 Å². The summed E-state index contributed by atoms with van der Waals surface area (Å²) in [6.07, 6.45) is 9.75. The lowest BCUT2D eigenvalue weighted by atomic mass is 9.93. The van der Waals surface area contributed by atoms with Crippen LogP contribution in [0, 0.1) is 12.3 Å². The summed E-state index contributed by atoms with van der Waals surface area (Å²) in [4.78, 5) is 0. The van der Waals surface area contributed by atoms with Crippen molar-refractivity contribution in [1.82, 2.24) is 0 Å². The van der Waals surface area contributed by atoms with Crippen molar-refractivity contribution in [2.24, 2.45) is 0 Å². The molecule has 12 heavy (non-hydrogen) atoms. The van der Waals surface area contributed by atoms with Gasteiger partial charge in [-0.2, -0.15) is 0 Å². The molecule has 1 heteroatoms. The minimum Gasteiger partial charge on any atom is -0.384 e. The molecule has 0 aliphatic rings. The van der Waals surface area contributed by atoms with Gasteiger partial charge in [-0.05, 0) is 12.5 Å². The molecule has 0 fully saturated rings. The van der Waals surface area contributed by atoms with Gasteiger partial charge in [0, 0.05) is 6.42 Å². The molecule has 0 aromatic carbocycles. The highest BCUT2D eigenvalue weighted by Gasteiger charge is 2.20. The van der Waals surface area contributed by atoms with E-state index in [9.17, 15) is 5.11 Å². The molecule has 1 atom stereocenters. The van der Waals surface area contributed by atoms with Gasteiger partial charge in [0.25, 0.3) is 0 Å². The van der Waals surface area contributed by atoms with E-state index in [0.717, 1.165) is 12.8 Å². The number of terminal acetylenes is 1. The normalized spacial score (nSPS) is 14.1. The van der Waals surface area contributed by atoms with Gasteiger partial charge < -0.3 is 5.11 Å². The average Bonchev–Trinajstić information content (AvgIpc) is 2.02. The summed E-state index contributed by atoms with van der Waals surface area (Å²) in [5.74, 6) is 2.45. The maximum Gasteiger partial charge on any atom is 0.101 e. The van der Waals surface area contributed by atoms with Gasteiger partial charge in [-0.1, -0.05) is 26.3 Å². The molecular formula is C11H16O. The Morgan fingerprint density at radius 2 is 2.33 bits per heavy atom. The van der Waals surface area contributed by atoms with Crippen LogP contribution < -0.4 is 0 Å². The largest absolute Gasteiger partial charge is 0.384 e. The van der Waals surface area contributed by atoms with Gasteiger partial charge in [0.1, 0.15) is 5.60 Å². The van der Waals surface area contributed by atoms with E-state index in [0.29, 0.717) is 12.8 Å². The number of hydrogen-bond acceptors (Lipinski definition) is 1. The highest BCUT2D eigenvalue weighted by Crippen LogP contribution is 2.19. The molecule has 0 bridgehead atoms. The molecule has 0 aliphatic heterocycles. The molecule has 0 aliphatic carbocycles. The van der Waals surface area contributed by atoms with Crippen LogP contribution in [0.15, 0.2) is 18.4 Å². The van der Waals surface area contributed by atoms with Crippen molar-refractivity contribution < 1.29 is 5.11 Å². The summed E-state index contributed by atoms with van der Waals surface area (Å²) in [6.45, 7) is 5.50. The second-order valence-electron chi connectivity index (χ2n) is 2.94. The maximum atomic E-state index is 9.84. The molecule has 66 valence electrons. The van der Waals surface area contributed by atoms with Gasteiger partial charge in [0.05, 0.1) is 0 Å². The lowest BCUT2D eigenvalue weighted by Gasteiger charge is -2.20. The minimum absolute atomic E-state index is 0.343. The molecule has 0 saturated carbocycles. The van der Waals surface area contributed by atoms with Gasteiger partial charge in [0.2, 0.25) is 0 Å². The number of unbranched alkanes of at least 4 members (excludes halogenated alkanes) is 1. The van der Waals surface area contributed by atoms with Gasteiger partial charge in [-0.25, -0.2) is 0 Å². The molecule has 0 rings (SSSR count). The van der Waals surface area contributed by atoms with Crippen molar-refractivity contribution in [3.8, 4) is 12.3 Å². The quantitative estimate of drug-likeness (QED) is 0.488. The second-order valence-corrected chi connectivity index (χ2v) is 2.94. The molecule has 0 radical (unpaired) electrons. The molecule has 1 nitrogen and oxygen atoms in total. The van der Waals surface area contributed by atoms with Crippen LogP contribution in [0.4, 0.5) is 0 Å². The first-order valence-electron chi connectivity index (χ1n) is 4.21. The lowest BCUT2D eigenvalue weighted by Crippen LogP contribution is -2.24. The zero-order valence-corrected chi connectivity index (χ0v) is 7.64. The van der Waals surface area contributed by atoms with Crippen LogP contribution >= 0.6 is 0 Å². The monoisotopic (exact) mass is 164 g/mol. The van der Waals surface area contributed by atoms with Crippen molar-refractivity contribution in [2.45, 2.75) is 38.2 Å². The van der Waals surface area contributed by atoms with E-state index in [1.54, 1.807) is 6.08 Å². The third kappa shape index (κ3) is 4.03. The fourth-order valence-electron chi connectivity index (χ4n) is 1.06. The first kappa shape index (κ1) is 11.0. The third-order valence-corrected chi connectivity index (χ3v) is 1.74. The smallest absolute Gasteiger partial charge is 0.101 e. The number of aliphatic hydroxyl groups is 1. The van der Waals surface area contributed by atoms with Crippen LogP contribution in [0.25, 0.3) is 0 Å². The summed E-state index contributed by atoms with van der Waals surface area (Å²) < 4.78 is 0. The van der Waals surface area contributed by atoms with Crippen LogP contribution in [0.3, 0.4) is 0 Å². The van der Waals surface area contributed by atoms with E-state index in [-0.39, 0.29) is 0 Å². The molecule has 1 N–H and O–H groups in total. The molecular weight excluding hydrogens is 148 g/mol. The van der Waals surface area contributed by atoms with Crippen LogP contribution in [-0.4, -0.2) is 10.7 Å². The molecule has 0 saturated heterocycles. The highest BCUT2D eigenvalue weighted by atomic mass is 16.3. The van der Waals surface area contributed by atoms with Crippen molar-refractivity contribution in [3.05, 3.63) is 18.4 Å². The fourth-order valence-corrected chi connectivity index (χ4v) is 1.06. The van der Waals surface area contributed by atoms with E-state index < -0.39 is 5.60 Å². The van der Waals surface area contributed by atoms with Crippen molar-refractivity contribution in [3.63, 3.8) is 0 Å². The van der Waals surface area contributed by atoms with Gasteiger partial charge in [-0.3, -0.25) is 0 Å². The number of rotatable bonds is 5. The zero-order valence-electron chi connectivity index (χ0n) is 7.64. The first-order chi connectivity index (χ1) is 5.68. The molecule has 0 amide bonds. The van der Waals surface area contributed by atoms with Gasteiger partial charge in [0.15, 0.2) is 0 Å². The molecule has 0 aromatic heterocycles. The van der Waals surface area contributed by atoms with Crippen molar-refractivity contribution in [2.75, 3.05) is 0 Å². The summed E-state index contributed by atoms with van der Waals surface area (Å²) in [5.41, 5.74) is 1.70. The molecule has 0 spiro atoms. The molecule has 1 unspecified atom stereocenters. The van der Waals surface area contributed by atoms with Gasteiger partial charge in [-0.15, -0.1) is 18.1 Å². The first-order valence-corrected chi connectivity index (χ1v) is 4.21. The molecule has 0 heterocycles. The third-order valence-electron chi connectivity index (χ3n) is 1.74.